The van der Waals surface area contributed by atoms with E-state index in [1.165, 1.54) is 23.1 Å². The molecule has 0 aliphatic carbocycles. The van der Waals surface area contributed by atoms with Crippen LogP contribution in [0.1, 0.15) is 6.92 Å². The number of rotatable bonds is 3. The van der Waals surface area contributed by atoms with Crippen LogP contribution in [-0.4, -0.2) is 60.5 Å². The third-order valence-electron chi connectivity index (χ3n) is 4.21. The van der Waals surface area contributed by atoms with E-state index >= 15 is 0 Å². The molecule has 0 spiro atoms. The van der Waals surface area contributed by atoms with Crippen molar-refractivity contribution in [2.24, 2.45) is 0 Å². The Morgan fingerprint density at radius 3 is 2.92 bits per heavy atom. The van der Waals surface area contributed by atoms with Crippen LogP contribution in [0.4, 0.5) is 11.4 Å². The number of non-ortho nitro benzene ring substituents is 1. The van der Waals surface area contributed by atoms with Crippen molar-refractivity contribution in [1.82, 2.24) is 10.2 Å². The van der Waals surface area contributed by atoms with E-state index in [4.69, 9.17) is 4.74 Å². The summed E-state index contributed by atoms with van der Waals surface area (Å²) >= 11 is 0. The van der Waals surface area contributed by atoms with Crippen molar-refractivity contribution >= 4 is 35.6 Å². The van der Waals surface area contributed by atoms with Gasteiger partial charge < -0.3 is 15.0 Å². The highest BCUT2D eigenvalue weighted by atomic mass is 35.5. The Morgan fingerprint density at radius 2 is 2.24 bits per heavy atom. The van der Waals surface area contributed by atoms with Gasteiger partial charge in [-0.05, 0) is 13.0 Å². The molecule has 2 amide bonds. The van der Waals surface area contributed by atoms with Gasteiger partial charge in [0.1, 0.15) is 12.3 Å². The zero-order valence-electron chi connectivity index (χ0n) is 13.6. The van der Waals surface area contributed by atoms with Gasteiger partial charge in [-0.25, -0.2) is 0 Å². The van der Waals surface area contributed by atoms with Gasteiger partial charge in [-0.2, -0.15) is 0 Å². The minimum absolute atomic E-state index is 0. The molecule has 2 aliphatic rings. The van der Waals surface area contributed by atoms with Crippen LogP contribution in [0.25, 0.3) is 0 Å². The number of amides is 2. The van der Waals surface area contributed by atoms with Crippen LogP contribution >= 0.6 is 12.4 Å². The summed E-state index contributed by atoms with van der Waals surface area (Å²) in [4.78, 5) is 38.2. The van der Waals surface area contributed by atoms with E-state index in [1.807, 2.05) is 6.92 Å². The second kappa shape index (κ2) is 7.66. The normalized spacial score (nSPS) is 19.6. The van der Waals surface area contributed by atoms with Crippen molar-refractivity contribution in [2.45, 2.75) is 13.0 Å². The first-order valence-electron chi connectivity index (χ1n) is 7.69. The number of fused-ring (bicyclic) bond motifs is 1. The Bertz CT molecular complexity index is 698. The maximum absolute atomic E-state index is 12.6. The summed E-state index contributed by atoms with van der Waals surface area (Å²) in [5.41, 5.74) is 0.108. The van der Waals surface area contributed by atoms with Gasteiger partial charge in [0.15, 0.2) is 6.61 Å². The van der Waals surface area contributed by atoms with Gasteiger partial charge in [-0.3, -0.25) is 24.6 Å². The summed E-state index contributed by atoms with van der Waals surface area (Å²) in [5.74, 6) is -0.211. The molecule has 0 radical (unpaired) electrons. The van der Waals surface area contributed by atoms with Gasteiger partial charge in [-0.1, -0.05) is 0 Å². The summed E-state index contributed by atoms with van der Waals surface area (Å²) < 4.78 is 5.30. The number of piperazine rings is 1. The number of hydrogen-bond donors (Lipinski definition) is 1. The fourth-order valence-corrected chi connectivity index (χ4v) is 2.92. The number of halogens is 1. The zero-order chi connectivity index (χ0) is 17.3. The number of nitrogens with zero attached hydrogens (tertiary/aromatic N) is 3. The number of benzene rings is 1. The Labute approximate surface area is 150 Å². The molecule has 25 heavy (non-hydrogen) atoms. The third kappa shape index (κ3) is 3.83. The lowest BCUT2D eigenvalue weighted by molar-refractivity contribution is -0.384. The Morgan fingerprint density at radius 1 is 1.48 bits per heavy atom. The van der Waals surface area contributed by atoms with Crippen LogP contribution in [0.2, 0.25) is 0 Å². The first-order chi connectivity index (χ1) is 11.5. The van der Waals surface area contributed by atoms with Gasteiger partial charge in [0.05, 0.1) is 10.6 Å². The van der Waals surface area contributed by atoms with E-state index in [-0.39, 0.29) is 54.8 Å². The number of nitro benzene ring substituents is 1. The van der Waals surface area contributed by atoms with E-state index in [1.54, 1.807) is 4.90 Å². The molecule has 1 aromatic rings. The predicted molar refractivity (Wildman–Crippen MR) is 92.2 cm³/mol. The van der Waals surface area contributed by atoms with Gasteiger partial charge >= 0.3 is 0 Å². The van der Waals surface area contributed by atoms with Crippen molar-refractivity contribution in [2.75, 3.05) is 37.7 Å². The molecule has 0 bridgehead atoms. The van der Waals surface area contributed by atoms with E-state index in [0.717, 1.165) is 0 Å². The van der Waals surface area contributed by atoms with Crippen molar-refractivity contribution in [3.8, 4) is 5.75 Å². The van der Waals surface area contributed by atoms with Crippen molar-refractivity contribution in [1.29, 1.82) is 0 Å². The lowest BCUT2D eigenvalue weighted by Gasteiger charge is -2.36. The smallest absolute Gasteiger partial charge is 0.271 e. The number of carbonyl (C=O) groups excluding carboxylic acids is 2. The van der Waals surface area contributed by atoms with Crippen molar-refractivity contribution < 1.29 is 19.2 Å². The van der Waals surface area contributed by atoms with E-state index in [9.17, 15) is 19.7 Å². The van der Waals surface area contributed by atoms with Crippen LogP contribution in [0.15, 0.2) is 18.2 Å². The predicted octanol–water partition coefficient (Wildman–Crippen LogP) is 0.562. The quantitative estimate of drug-likeness (QED) is 0.615. The van der Waals surface area contributed by atoms with Gasteiger partial charge in [-0.15, -0.1) is 12.4 Å². The molecule has 1 saturated heterocycles. The minimum Gasteiger partial charge on any atom is -0.482 e. The monoisotopic (exact) mass is 370 g/mol. The number of nitrogens with one attached hydrogen (secondary N) is 1. The number of nitro groups is 1. The second-order valence-electron chi connectivity index (χ2n) is 5.82. The molecule has 9 nitrogen and oxygen atoms in total. The second-order valence-corrected chi connectivity index (χ2v) is 5.82. The standard InChI is InChI=1S/C15H18N4O5.ClH/c1-10-7-16-4-5-17(10)14(20)8-18-12-6-11(19(22)23)2-3-13(12)24-9-15(18)21;/h2-3,6,10,16H,4-5,7-9H2,1H3;1H. The van der Waals surface area contributed by atoms with Crippen LogP contribution in [0.3, 0.4) is 0 Å². The third-order valence-corrected chi connectivity index (χ3v) is 4.21. The van der Waals surface area contributed by atoms with Gasteiger partial charge in [0.2, 0.25) is 5.91 Å². The number of hydrogen-bond acceptors (Lipinski definition) is 6. The molecule has 10 heteroatoms. The highest BCUT2D eigenvalue weighted by molar-refractivity contribution is 6.02. The topological polar surface area (TPSA) is 105 Å². The molecule has 0 aromatic heterocycles. The van der Waals surface area contributed by atoms with Crippen LogP contribution < -0.4 is 15.0 Å². The zero-order valence-corrected chi connectivity index (χ0v) is 14.5. The molecule has 1 atom stereocenters. The van der Waals surface area contributed by atoms with Gasteiger partial charge in [0.25, 0.3) is 11.6 Å². The minimum atomic E-state index is -0.544. The number of ether oxygens (including phenoxy) is 1. The summed E-state index contributed by atoms with van der Waals surface area (Å²) in [6, 6.07) is 4.06. The van der Waals surface area contributed by atoms with E-state index in [2.05, 4.69) is 5.32 Å². The molecule has 2 aliphatic heterocycles. The molecule has 0 saturated carbocycles. The molecule has 3 rings (SSSR count). The van der Waals surface area contributed by atoms with E-state index < -0.39 is 4.92 Å². The largest absolute Gasteiger partial charge is 0.482 e. The number of anilines is 1. The lowest BCUT2D eigenvalue weighted by atomic mass is 10.2. The highest BCUT2D eigenvalue weighted by Crippen LogP contribution is 2.35. The first-order valence-corrected chi connectivity index (χ1v) is 7.69. The van der Waals surface area contributed by atoms with Crippen LogP contribution in [-0.2, 0) is 9.59 Å². The highest BCUT2D eigenvalue weighted by Gasteiger charge is 2.32. The summed E-state index contributed by atoms with van der Waals surface area (Å²) in [7, 11) is 0. The number of carbonyl (C=O) groups is 2. The SMILES string of the molecule is CC1CNCCN1C(=O)CN1C(=O)COc2ccc([N+](=O)[O-])cc21.Cl. The average molecular weight is 371 g/mol. The molecule has 1 aromatic carbocycles. The molecule has 2 heterocycles. The van der Waals surface area contributed by atoms with E-state index in [0.29, 0.717) is 25.4 Å². The Kier molecular flexibility index (Phi) is 5.81. The molecule has 136 valence electrons. The molecule has 1 N–H and O–H groups in total. The average Bonchev–Trinajstić information content (AvgIpc) is 2.57. The molecular weight excluding hydrogens is 352 g/mol. The summed E-state index contributed by atoms with van der Waals surface area (Å²) in [6.07, 6.45) is 0. The lowest BCUT2D eigenvalue weighted by Crippen LogP contribution is -2.55. The first kappa shape index (κ1) is 18.9. The summed E-state index contributed by atoms with van der Waals surface area (Å²) in [6.45, 7) is 3.57. The van der Waals surface area contributed by atoms with Crippen molar-refractivity contribution in [3.63, 3.8) is 0 Å². The van der Waals surface area contributed by atoms with Crippen molar-refractivity contribution in [3.05, 3.63) is 28.3 Å². The maximum atomic E-state index is 12.6. The Hall–Kier alpha value is -2.39. The Balaban J connectivity index is 0.00000225. The maximum Gasteiger partial charge on any atom is 0.271 e. The molecule has 1 unspecified atom stereocenters. The van der Waals surface area contributed by atoms with Gasteiger partial charge in [0, 0.05) is 37.8 Å². The molecular formula is C15H19ClN4O5. The molecule has 1 fully saturated rings. The fraction of sp³-hybridized carbons (Fsp3) is 0.467. The summed E-state index contributed by atoms with van der Waals surface area (Å²) in [5, 5.41) is 14.2. The van der Waals surface area contributed by atoms with Crippen LogP contribution in [0, 0.1) is 10.1 Å². The fourth-order valence-electron chi connectivity index (χ4n) is 2.92. The van der Waals surface area contributed by atoms with Crippen LogP contribution in [0.5, 0.6) is 5.75 Å².